The van der Waals surface area contributed by atoms with Gasteiger partial charge in [0.05, 0.1) is 0 Å². The molecule has 2 rings (SSSR count). The molecule has 1 aliphatic heterocycles. The molecule has 0 amide bonds. The molecule has 0 bridgehead atoms. The van der Waals surface area contributed by atoms with E-state index in [0.29, 0.717) is 12.0 Å². The fourth-order valence-corrected chi connectivity index (χ4v) is 3.57. The predicted molar refractivity (Wildman–Crippen MR) is 76.9 cm³/mol. The van der Waals surface area contributed by atoms with Gasteiger partial charge in [-0.25, -0.2) is 0 Å². The van der Waals surface area contributed by atoms with Crippen LogP contribution >= 0.6 is 31.9 Å². The van der Waals surface area contributed by atoms with Crippen LogP contribution in [0.4, 0.5) is 0 Å². The van der Waals surface area contributed by atoms with Crippen LogP contribution in [0.2, 0.25) is 0 Å². The molecule has 0 saturated carbocycles. The van der Waals surface area contributed by atoms with Crippen molar-refractivity contribution in [1.82, 2.24) is 15.2 Å². The third-order valence-corrected chi connectivity index (χ3v) is 4.76. The minimum Gasteiger partial charge on any atom is -0.315 e. The molecular formula is C12H17Br2N3. The first-order chi connectivity index (χ1) is 8.11. The van der Waals surface area contributed by atoms with Crippen molar-refractivity contribution in [2.45, 2.75) is 19.5 Å². The van der Waals surface area contributed by atoms with Crippen LogP contribution in [-0.4, -0.2) is 36.1 Å². The van der Waals surface area contributed by atoms with Crippen LogP contribution in [0.5, 0.6) is 0 Å². The molecule has 1 N–H and O–H groups in total. The second-order valence-corrected chi connectivity index (χ2v) is 6.36. The van der Waals surface area contributed by atoms with Crippen molar-refractivity contribution >= 4 is 31.9 Å². The zero-order valence-corrected chi connectivity index (χ0v) is 13.3. The molecule has 0 spiro atoms. The Bertz CT molecular complexity index is 377. The highest BCUT2D eigenvalue weighted by molar-refractivity contribution is 9.11. The summed E-state index contributed by atoms with van der Waals surface area (Å²) in [6, 6.07) is 0.606. The topological polar surface area (TPSA) is 28.2 Å². The summed E-state index contributed by atoms with van der Waals surface area (Å²) in [7, 11) is 2.04. The van der Waals surface area contributed by atoms with Gasteiger partial charge in [0.1, 0.15) is 0 Å². The van der Waals surface area contributed by atoms with Gasteiger partial charge in [0.15, 0.2) is 0 Å². The van der Waals surface area contributed by atoms with E-state index >= 15 is 0 Å². The number of likely N-dealkylation sites (tertiary alicyclic amines) is 1. The maximum atomic E-state index is 4.14. The van der Waals surface area contributed by atoms with Gasteiger partial charge in [-0.15, -0.1) is 0 Å². The van der Waals surface area contributed by atoms with Gasteiger partial charge in [0, 0.05) is 47.0 Å². The van der Waals surface area contributed by atoms with Gasteiger partial charge in [0.2, 0.25) is 0 Å². The number of nitrogens with one attached hydrogen (secondary N) is 1. The normalized spacial score (nSPS) is 25.4. The molecule has 0 radical (unpaired) electrons. The Morgan fingerprint density at radius 3 is 2.53 bits per heavy atom. The van der Waals surface area contributed by atoms with E-state index in [2.05, 4.69) is 54.0 Å². The number of rotatable bonds is 3. The number of likely N-dealkylation sites (N-methyl/N-ethyl adjacent to an activating group) is 1. The molecule has 1 aromatic rings. The predicted octanol–water partition coefficient (Wildman–Crippen LogP) is 2.65. The lowest BCUT2D eigenvalue weighted by Gasteiger charge is -2.17. The quantitative estimate of drug-likeness (QED) is 0.895. The Hall–Kier alpha value is 0.0300. The highest BCUT2D eigenvalue weighted by atomic mass is 79.9. The number of hydrogen-bond acceptors (Lipinski definition) is 3. The molecule has 2 heterocycles. The van der Waals surface area contributed by atoms with E-state index in [0.717, 1.165) is 28.6 Å². The molecule has 94 valence electrons. The maximum absolute atomic E-state index is 4.14. The summed E-state index contributed by atoms with van der Waals surface area (Å²) in [6.45, 7) is 5.52. The van der Waals surface area contributed by atoms with Crippen LogP contribution in [0.3, 0.4) is 0 Å². The lowest BCUT2D eigenvalue weighted by atomic mass is 10.1. The molecule has 1 fully saturated rings. The van der Waals surface area contributed by atoms with E-state index < -0.39 is 0 Å². The molecule has 2 atom stereocenters. The lowest BCUT2D eigenvalue weighted by Crippen LogP contribution is -2.32. The summed E-state index contributed by atoms with van der Waals surface area (Å²) >= 11 is 7.13. The number of nitrogens with zero attached hydrogens (tertiary/aromatic N) is 2. The van der Waals surface area contributed by atoms with E-state index in [1.807, 2.05) is 19.4 Å². The Labute approximate surface area is 119 Å². The first kappa shape index (κ1) is 13.5. The van der Waals surface area contributed by atoms with Gasteiger partial charge in [-0.3, -0.25) is 9.88 Å². The van der Waals surface area contributed by atoms with Gasteiger partial charge in [0.25, 0.3) is 0 Å². The third-order valence-electron chi connectivity index (χ3n) is 3.39. The SMILES string of the molecule is CNC1CN(Cc2c(Br)cncc2Br)CC1C. The summed E-state index contributed by atoms with van der Waals surface area (Å²) < 4.78 is 2.15. The minimum atomic E-state index is 0.606. The van der Waals surface area contributed by atoms with Crippen molar-refractivity contribution in [3.05, 3.63) is 26.9 Å². The molecule has 0 aromatic carbocycles. The third kappa shape index (κ3) is 3.08. The van der Waals surface area contributed by atoms with E-state index in [9.17, 15) is 0 Å². The molecular weight excluding hydrogens is 346 g/mol. The molecule has 1 aromatic heterocycles. The average molecular weight is 363 g/mol. The minimum absolute atomic E-state index is 0.606. The van der Waals surface area contributed by atoms with Gasteiger partial charge >= 0.3 is 0 Å². The van der Waals surface area contributed by atoms with Crippen molar-refractivity contribution in [3.8, 4) is 0 Å². The van der Waals surface area contributed by atoms with Crippen molar-refractivity contribution in [2.75, 3.05) is 20.1 Å². The van der Waals surface area contributed by atoms with E-state index in [-0.39, 0.29) is 0 Å². The molecule has 1 aliphatic rings. The van der Waals surface area contributed by atoms with Crippen LogP contribution in [0.15, 0.2) is 21.3 Å². The van der Waals surface area contributed by atoms with Gasteiger partial charge in [-0.2, -0.15) is 0 Å². The maximum Gasteiger partial charge on any atom is 0.0415 e. The fraction of sp³-hybridized carbons (Fsp3) is 0.583. The van der Waals surface area contributed by atoms with Crippen LogP contribution in [0.1, 0.15) is 12.5 Å². The first-order valence-electron chi connectivity index (χ1n) is 5.79. The van der Waals surface area contributed by atoms with E-state index in [1.165, 1.54) is 5.56 Å². The lowest BCUT2D eigenvalue weighted by molar-refractivity contribution is 0.316. The smallest absolute Gasteiger partial charge is 0.0415 e. The summed E-state index contributed by atoms with van der Waals surface area (Å²) in [5.74, 6) is 0.708. The summed E-state index contributed by atoms with van der Waals surface area (Å²) in [6.07, 6.45) is 3.71. The molecule has 0 aliphatic carbocycles. The average Bonchev–Trinajstić information content (AvgIpc) is 2.64. The van der Waals surface area contributed by atoms with E-state index in [1.54, 1.807) is 0 Å². The Kier molecular flexibility index (Phi) is 4.58. The number of aromatic nitrogens is 1. The van der Waals surface area contributed by atoms with Crippen molar-refractivity contribution in [3.63, 3.8) is 0 Å². The zero-order chi connectivity index (χ0) is 12.4. The van der Waals surface area contributed by atoms with Crippen LogP contribution in [-0.2, 0) is 6.54 Å². The van der Waals surface area contributed by atoms with Crippen LogP contribution in [0.25, 0.3) is 0 Å². The monoisotopic (exact) mass is 361 g/mol. The second kappa shape index (κ2) is 5.78. The Balaban J connectivity index is 2.07. The molecule has 17 heavy (non-hydrogen) atoms. The number of pyridine rings is 1. The first-order valence-corrected chi connectivity index (χ1v) is 7.38. The van der Waals surface area contributed by atoms with Crippen molar-refractivity contribution in [2.24, 2.45) is 5.92 Å². The van der Waals surface area contributed by atoms with Gasteiger partial charge < -0.3 is 5.32 Å². The van der Waals surface area contributed by atoms with Crippen molar-refractivity contribution < 1.29 is 0 Å². The number of hydrogen-bond donors (Lipinski definition) is 1. The molecule has 2 unspecified atom stereocenters. The summed E-state index contributed by atoms with van der Waals surface area (Å²) in [5.41, 5.74) is 1.28. The summed E-state index contributed by atoms with van der Waals surface area (Å²) in [5, 5.41) is 3.38. The molecule has 3 nitrogen and oxygen atoms in total. The van der Waals surface area contributed by atoms with Crippen LogP contribution in [0, 0.1) is 5.92 Å². The summed E-state index contributed by atoms with van der Waals surface area (Å²) in [4.78, 5) is 6.62. The standard InChI is InChI=1S/C12H17Br2N3/c1-8-5-17(7-12(8)15-2)6-9-10(13)3-16-4-11(9)14/h3-4,8,12,15H,5-7H2,1-2H3. The van der Waals surface area contributed by atoms with Crippen molar-refractivity contribution in [1.29, 1.82) is 0 Å². The highest BCUT2D eigenvalue weighted by Crippen LogP contribution is 2.27. The second-order valence-electron chi connectivity index (χ2n) is 4.65. The fourth-order valence-electron chi connectivity index (χ4n) is 2.38. The largest absolute Gasteiger partial charge is 0.315 e. The molecule has 5 heteroatoms. The number of halogens is 2. The molecule has 1 saturated heterocycles. The zero-order valence-electron chi connectivity index (χ0n) is 10.1. The van der Waals surface area contributed by atoms with Crippen LogP contribution < -0.4 is 5.32 Å². The van der Waals surface area contributed by atoms with E-state index in [4.69, 9.17) is 0 Å². The Morgan fingerprint density at radius 1 is 1.35 bits per heavy atom. The van der Waals surface area contributed by atoms with Gasteiger partial charge in [-0.1, -0.05) is 6.92 Å². The highest BCUT2D eigenvalue weighted by Gasteiger charge is 2.28. The van der Waals surface area contributed by atoms with Gasteiger partial charge in [-0.05, 0) is 50.4 Å². The Morgan fingerprint density at radius 2 is 2.00 bits per heavy atom.